The topological polar surface area (TPSA) is 130 Å². The van der Waals surface area contributed by atoms with Gasteiger partial charge in [0.05, 0.1) is 35.8 Å². The Hall–Kier alpha value is -2.52. The van der Waals surface area contributed by atoms with Crippen LogP contribution in [0.3, 0.4) is 0 Å². The molecule has 0 aliphatic carbocycles. The van der Waals surface area contributed by atoms with Crippen LogP contribution in [0.5, 0.6) is 5.75 Å². The zero-order valence-electron chi connectivity index (χ0n) is 31.9. The molecular formula is C38H57ClFN3O7SSi. The first-order valence-corrected chi connectivity index (χ1v) is 23.0. The quantitative estimate of drug-likeness (QED) is 0.147. The van der Waals surface area contributed by atoms with Crippen LogP contribution in [0.25, 0.3) is 0 Å². The Bertz CT molecular complexity index is 1700. The van der Waals surface area contributed by atoms with Crippen LogP contribution >= 0.6 is 11.6 Å². The van der Waals surface area contributed by atoms with E-state index in [4.69, 9.17) is 35.3 Å². The minimum absolute atomic E-state index is 0.152. The third-order valence-corrected chi connectivity index (χ3v) is 18.9. The molecule has 3 unspecified atom stereocenters. The summed E-state index contributed by atoms with van der Waals surface area (Å²) in [6, 6.07) is 11.1. The maximum Gasteiger partial charge on any atom is 0.337 e. The van der Waals surface area contributed by atoms with Gasteiger partial charge in [-0.3, -0.25) is 4.39 Å². The number of ether oxygens (including phenoxy) is 4. The average Bonchev–Trinajstić information content (AvgIpc) is 3.49. The summed E-state index contributed by atoms with van der Waals surface area (Å²) < 4.78 is 64.2. The minimum atomic E-state index is -3.36. The molecule has 2 aliphatic rings. The highest BCUT2D eigenvalue weighted by Gasteiger charge is 2.41. The Kier molecular flexibility index (Phi) is 14.0. The Morgan fingerprint density at radius 2 is 1.92 bits per heavy atom. The van der Waals surface area contributed by atoms with Crippen molar-refractivity contribution in [1.82, 2.24) is 4.39 Å². The number of aliphatic hydroxyl groups is 1. The summed E-state index contributed by atoms with van der Waals surface area (Å²) in [7, 11) is -2.89. The van der Waals surface area contributed by atoms with Gasteiger partial charge in [-0.2, -0.15) is 0 Å². The van der Waals surface area contributed by atoms with Gasteiger partial charge in [-0.05, 0) is 91.6 Å². The summed E-state index contributed by atoms with van der Waals surface area (Å²) in [5.74, 6) is -0.950. The van der Waals surface area contributed by atoms with Gasteiger partial charge in [-0.1, -0.05) is 51.5 Å². The third kappa shape index (κ3) is 11.0. The highest BCUT2D eigenvalue weighted by Crippen LogP contribution is 2.37. The van der Waals surface area contributed by atoms with E-state index in [1.807, 2.05) is 52.1 Å². The standard InChI is InChI=1S/C38H57ClFN3O7SSi/c1-37(2,3)52(7,8)42-51(41,46)25-38(4,45)18-16-31(40)35(47-5)34-28(17-20-49-34)23-43-19-10-9-11-26-21-30(39)14-12-29(26)24-50-33-15-13-27(22-32(33)43)36(44)48-6/h12-16,21-22,28,34-35,45H,9-11,17-20,23-25H2,1-8H3,(H2,41,42,46)/b31-16-/t28-,34+,35?,38?,51?/m0/s1. The number of hydrogen-bond donors (Lipinski definition) is 3. The van der Waals surface area contributed by atoms with E-state index in [0.717, 1.165) is 36.1 Å². The van der Waals surface area contributed by atoms with Crippen molar-refractivity contribution in [3.05, 3.63) is 70.0 Å². The number of halogens is 2. The first kappa shape index (κ1) is 42.2. The van der Waals surface area contributed by atoms with Crippen molar-refractivity contribution in [3.8, 4) is 5.75 Å². The van der Waals surface area contributed by atoms with Crippen LogP contribution in [0.2, 0.25) is 23.2 Å². The zero-order chi connectivity index (χ0) is 38.5. The maximum absolute atomic E-state index is 16.0. The summed E-state index contributed by atoms with van der Waals surface area (Å²) >= 11 is 6.33. The number of methoxy groups -OCH3 is 2. The van der Waals surface area contributed by atoms with E-state index in [0.29, 0.717) is 49.1 Å². The smallest absolute Gasteiger partial charge is 0.337 e. The summed E-state index contributed by atoms with van der Waals surface area (Å²) in [5, 5.41) is 11.7. The van der Waals surface area contributed by atoms with Gasteiger partial charge in [0.15, 0.2) is 0 Å². The second kappa shape index (κ2) is 17.3. The summed E-state index contributed by atoms with van der Waals surface area (Å²) in [5.41, 5.74) is 1.71. The van der Waals surface area contributed by atoms with Crippen LogP contribution in [-0.4, -0.2) is 81.0 Å². The number of benzene rings is 2. The van der Waals surface area contributed by atoms with Gasteiger partial charge in [0.1, 0.15) is 42.4 Å². The van der Waals surface area contributed by atoms with Gasteiger partial charge in [-0.15, -0.1) is 0 Å². The highest BCUT2D eigenvalue weighted by molar-refractivity contribution is 7.92. The van der Waals surface area contributed by atoms with Crippen molar-refractivity contribution in [2.45, 2.75) is 102 Å². The normalized spacial score (nSPS) is 21.8. The van der Waals surface area contributed by atoms with Crippen LogP contribution in [0.1, 0.15) is 74.9 Å². The number of carbonyl (C=O) groups excluding carboxylic acids is 1. The SMILES string of the molecule is COC(=O)c1ccc2c(c1)N(C[C@@H]1CCO[C@H]1C(OC)/C(F)=C/CC(C)(O)CS(=N)(=O)N[Si](C)(C)C(C)(C)C)CCCCc1cc(Cl)ccc1CO2. The van der Waals surface area contributed by atoms with E-state index in [1.54, 1.807) is 18.2 Å². The lowest BCUT2D eigenvalue weighted by molar-refractivity contribution is -0.0324. The summed E-state index contributed by atoms with van der Waals surface area (Å²) in [6.45, 7) is 13.5. The van der Waals surface area contributed by atoms with E-state index in [2.05, 4.69) is 9.29 Å². The van der Waals surface area contributed by atoms with Crippen molar-refractivity contribution in [3.63, 3.8) is 0 Å². The predicted molar refractivity (Wildman–Crippen MR) is 208 cm³/mol. The van der Waals surface area contributed by atoms with Gasteiger partial charge in [0, 0.05) is 37.7 Å². The van der Waals surface area contributed by atoms with Crippen molar-refractivity contribution in [2.24, 2.45) is 5.92 Å². The van der Waals surface area contributed by atoms with E-state index in [1.165, 1.54) is 27.2 Å². The van der Waals surface area contributed by atoms with Crippen molar-refractivity contribution < 1.29 is 37.4 Å². The number of nitrogens with one attached hydrogen (secondary N) is 2. The molecule has 290 valence electrons. The molecule has 2 aromatic carbocycles. The van der Waals surface area contributed by atoms with Crippen molar-refractivity contribution in [1.29, 1.82) is 4.78 Å². The third-order valence-electron chi connectivity index (χ3n) is 10.5. The molecule has 3 N–H and O–H groups in total. The maximum atomic E-state index is 16.0. The minimum Gasteiger partial charge on any atom is -0.487 e. The largest absolute Gasteiger partial charge is 0.487 e. The fourth-order valence-corrected chi connectivity index (χ4v) is 12.6. The molecule has 2 aromatic rings. The predicted octanol–water partition coefficient (Wildman–Crippen LogP) is 7.82. The molecule has 0 saturated carbocycles. The molecule has 1 saturated heterocycles. The Balaban J connectivity index is 1.55. The van der Waals surface area contributed by atoms with Gasteiger partial charge in [0.2, 0.25) is 0 Å². The lowest BCUT2D eigenvalue weighted by Crippen LogP contribution is -2.56. The van der Waals surface area contributed by atoms with Gasteiger partial charge in [-0.25, -0.2) is 18.2 Å². The Labute approximate surface area is 315 Å². The molecule has 5 atom stereocenters. The lowest BCUT2D eigenvalue weighted by Gasteiger charge is -2.38. The molecule has 0 spiro atoms. The number of hydrogen-bond acceptors (Lipinski definition) is 9. The van der Waals surface area contributed by atoms with Crippen LogP contribution in [-0.2, 0) is 37.2 Å². The fourth-order valence-electron chi connectivity index (χ4n) is 6.59. The number of aryl methyl sites for hydroxylation is 1. The highest BCUT2D eigenvalue weighted by atomic mass is 35.5. The number of fused-ring (bicyclic) bond motifs is 2. The number of rotatable bonds is 12. The van der Waals surface area contributed by atoms with E-state index in [-0.39, 0.29) is 23.1 Å². The van der Waals surface area contributed by atoms with Crippen molar-refractivity contribution in [2.75, 3.05) is 44.6 Å². The molecule has 10 nitrogen and oxygen atoms in total. The van der Waals surface area contributed by atoms with Crippen LogP contribution in [0, 0.1) is 10.7 Å². The van der Waals surface area contributed by atoms with E-state index in [9.17, 15) is 14.1 Å². The van der Waals surface area contributed by atoms with Gasteiger partial charge in [0.25, 0.3) is 0 Å². The molecule has 0 bridgehead atoms. The molecule has 1 fully saturated rings. The second-order valence-electron chi connectivity index (χ2n) is 15.9. The number of nitrogens with zero attached hydrogens (tertiary/aromatic N) is 1. The van der Waals surface area contributed by atoms with Crippen LogP contribution < -0.4 is 14.0 Å². The van der Waals surface area contributed by atoms with Gasteiger partial charge >= 0.3 is 5.97 Å². The Morgan fingerprint density at radius 1 is 1.19 bits per heavy atom. The lowest BCUT2D eigenvalue weighted by atomic mass is 9.94. The average molecular weight is 782 g/mol. The number of esters is 1. The fraction of sp³-hybridized carbons (Fsp3) is 0.605. The molecule has 14 heteroatoms. The molecular weight excluding hydrogens is 725 g/mol. The molecule has 0 amide bonds. The molecule has 52 heavy (non-hydrogen) atoms. The molecule has 0 aromatic heterocycles. The van der Waals surface area contributed by atoms with E-state index >= 15 is 4.39 Å². The Morgan fingerprint density at radius 3 is 2.60 bits per heavy atom. The number of anilines is 1. The van der Waals surface area contributed by atoms with Crippen LogP contribution in [0.4, 0.5) is 10.1 Å². The first-order chi connectivity index (χ1) is 24.3. The zero-order valence-corrected chi connectivity index (χ0v) is 34.4. The molecule has 2 heterocycles. The van der Waals surface area contributed by atoms with Crippen molar-refractivity contribution >= 4 is 41.4 Å². The molecule has 0 radical (unpaired) electrons. The molecule has 4 rings (SSSR count). The molecule has 2 aliphatic heterocycles. The first-order valence-electron chi connectivity index (χ1n) is 17.9. The number of carbonyl (C=O) groups is 1. The second-order valence-corrected chi connectivity index (χ2v) is 23.5. The van der Waals surface area contributed by atoms with Gasteiger partial charge < -0.3 is 29.0 Å². The van der Waals surface area contributed by atoms with E-state index < -0.39 is 47.8 Å². The van der Waals surface area contributed by atoms with Crippen LogP contribution in [0.15, 0.2) is 48.3 Å². The summed E-state index contributed by atoms with van der Waals surface area (Å²) in [4.78, 5) is 14.8. The monoisotopic (exact) mass is 781 g/mol. The summed E-state index contributed by atoms with van der Waals surface area (Å²) in [6.07, 6.45) is 2.64.